The molecule has 3 heteroatoms. The monoisotopic (exact) mass is 150 g/mol. The summed E-state index contributed by atoms with van der Waals surface area (Å²) in [5.41, 5.74) is 10.4. The number of hydrogen-bond acceptors (Lipinski definition) is 2. The molecule has 6 heavy (non-hydrogen) atoms. The summed E-state index contributed by atoms with van der Waals surface area (Å²) in [7, 11) is 0. The molecule has 0 radical (unpaired) electrons. The molecule has 0 unspecified atom stereocenters. The molecular formula is C3H12GeN2. The second-order valence-electron chi connectivity index (χ2n) is 1.45. The Hall–Kier alpha value is 0.463. The van der Waals surface area contributed by atoms with Crippen LogP contribution in [0.3, 0.4) is 0 Å². The second kappa shape index (κ2) is 3.65. The van der Waals surface area contributed by atoms with Crippen molar-refractivity contribution in [1.82, 2.24) is 0 Å². The van der Waals surface area contributed by atoms with Crippen molar-refractivity contribution < 1.29 is 0 Å². The van der Waals surface area contributed by atoms with Gasteiger partial charge in [0.25, 0.3) is 0 Å². The van der Waals surface area contributed by atoms with Gasteiger partial charge < -0.3 is 0 Å². The maximum absolute atomic E-state index is 5.21. The number of nitrogens with two attached hydrogens (primary N) is 2. The van der Waals surface area contributed by atoms with E-state index in [-0.39, 0.29) is 6.17 Å². The van der Waals surface area contributed by atoms with Gasteiger partial charge in [0, 0.05) is 0 Å². The molecule has 0 aromatic rings. The summed E-state index contributed by atoms with van der Waals surface area (Å²) in [6.45, 7) is 0. The Bertz CT molecular complexity index is 30.0. The SMILES string of the molecule is NC(N)C[CH2][GeH3]. The van der Waals surface area contributed by atoms with Crippen LogP contribution >= 0.6 is 0 Å². The molecule has 0 saturated carbocycles. The third-order valence-corrected chi connectivity index (χ3v) is 1.83. The summed E-state index contributed by atoms with van der Waals surface area (Å²) < 4.78 is 0. The van der Waals surface area contributed by atoms with Gasteiger partial charge in [0.05, 0.1) is 0 Å². The Morgan fingerprint density at radius 1 is 1.50 bits per heavy atom. The van der Waals surface area contributed by atoms with Crippen LogP contribution in [-0.2, 0) is 0 Å². The van der Waals surface area contributed by atoms with Crippen molar-refractivity contribution in [3.8, 4) is 0 Å². The summed E-state index contributed by atoms with van der Waals surface area (Å²) in [4.78, 5) is 0. The van der Waals surface area contributed by atoms with E-state index in [2.05, 4.69) is 0 Å². The predicted octanol–water partition coefficient (Wildman–Crippen LogP) is -1.60. The van der Waals surface area contributed by atoms with Gasteiger partial charge in [-0.15, -0.1) is 0 Å². The van der Waals surface area contributed by atoms with Gasteiger partial charge in [0.15, 0.2) is 0 Å². The molecule has 0 rings (SSSR count). The Balaban J connectivity index is 2.63. The fraction of sp³-hybridized carbons (Fsp3) is 1.00. The Morgan fingerprint density at radius 3 is 2.00 bits per heavy atom. The first-order valence-corrected chi connectivity index (χ1v) is 5.25. The van der Waals surface area contributed by atoms with Crippen LogP contribution in [0.15, 0.2) is 0 Å². The molecule has 0 amide bonds. The van der Waals surface area contributed by atoms with E-state index in [1.807, 2.05) is 0 Å². The molecule has 0 aliphatic heterocycles. The zero-order valence-electron chi connectivity index (χ0n) is 4.15. The van der Waals surface area contributed by atoms with E-state index in [1.54, 1.807) is 0 Å². The van der Waals surface area contributed by atoms with Crippen LogP contribution in [0.5, 0.6) is 0 Å². The van der Waals surface area contributed by atoms with Gasteiger partial charge in [-0.05, 0) is 0 Å². The van der Waals surface area contributed by atoms with Crippen LogP contribution in [-0.4, -0.2) is 22.7 Å². The van der Waals surface area contributed by atoms with Crippen molar-refractivity contribution >= 4 is 16.5 Å². The van der Waals surface area contributed by atoms with Crippen molar-refractivity contribution in [1.29, 1.82) is 0 Å². The molecule has 0 atom stereocenters. The molecule has 0 saturated heterocycles. The van der Waals surface area contributed by atoms with Gasteiger partial charge in [-0.3, -0.25) is 0 Å². The first-order chi connectivity index (χ1) is 2.77. The van der Waals surface area contributed by atoms with Crippen LogP contribution in [0.2, 0.25) is 5.25 Å². The van der Waals surface area contributed by atoms with E-state index < -0.39 is 0 Å². The van der Waals surface area contributed by atoms with Gasteiger partial charge in [-0.25, -0.2) is 0 Å². The predicted molar refractivity (Wildman–Crippen MR) is 31.5 cm³/mol. The van der Waals surface area contributed by atoms with Gasteiger partial charge in [-0.1, -0.05) is 0 Å². The summed E-state index contributed by atoms with van der Waals surface area (Å²) in [5.74, 6) is 0. The van der Waals surface area contributed by atoms with Crippen molar-refractivity contribution in [3.63, 3.8) is 0 Å². The summed E-state index contributed by atoms with van der Waals surface area (Å²) in [6, 6.07) is 0. The van der Waals surface area contributed by atoms with Crippen molar-refractivity contribution in [2.24, 2.45) is 11.5 Å². The average molecular weight is 149 g/mol. The van der Waals surface area contributed by atoms with E-state index in [0.717, 1.165) is 22.9 Å². The molecule has 38 valence electrons. The van der Waals surface area contributed by atoms with Gasteiger partial charge in [0.2, 0.25) is 0 Å². The summed E-state index contributed by atoms with van der Waals surface area (Å²) in [6.07, 6.45) is 0.959. The average Bonchev–Trinajstić information content (AvgIpc) is 1.35. The fourth-order valence-electron chi connectivity index (χ4n) is 0.333. The first kappa shape index (κ1) is 6.46. The van der Waals surface area contributed by atoms with Crippen molar-refractivity contribution in [2.75, 3.05) is 0 Å². The molecular weight excluding hydrogens is 137 g/mol. The molecule has 0 aliphatic rings. The standard InChI is InChI=1S/C3H12GeN2/c4-2-1-3(5)6/h3H,1-2,5-6H2,4H3. The third kappa shape index (κ3) is 4.46. The zero-order valence-corrected chi connectivity index (χ0v) is 8.34. The molecule has 2 nitrogen and oxygen atoms in total. The molecule has 0 heterocycles. The quantitative estimate of drug-likeness (QED) is 0.367. The molecule has 4 N–H and O–H groups in total. The van der Waals surface area contributed by atoms with E-state index in [1.165, 1.54) is 5.25 Å². The van der Waals surface area contributed by atoms with E-state index >= 15 is 0 Å². The van der Waals surface area contributed by atoms with Crippen LogP contribution < -0.4 is 11.5 Å². The first-order valence-electron chi connectivity index (χ1n) is 2.28. The Labute approximate surface area is 46.5 Å². The topological polar surface area (TPSA) is 52.0 Å². The fourth-order valence-corrected chi connectivity index (χ4v) is 1.73. The molecule has 0 bridgehead atoms. The summed E-state index contributed by atoms with van der Waals surface area (Å²) in [5, 5.41) is 1.27. The molecule has 0 fully saturated rings. The van der Waals surface area contributed by atoms with Crippen LogP contribution in [0.4, 0.5) is 0 Å². The molecule has 0 aliphatic carbocycles. The Morgan fingerprint density at radius 2 is 2.00 bits per heavy atom. The second-order valence-corrected chi connectivity index (χ2v) is 3.55. The van der Waals surface area contributed by atoms with Crippen LogP contribution in [0, 0.1) is 0 Å². The van der Waals surface area contributed by atoms with Crippen molar-refractivity contribution in [2.45, 2.75) is 17.8 Å². The summed E-state index contributed by atoms with van der Waals surface area (Å²) >= 11 is 0.935. The van der Waals surface area contributed by atoms with Crippen LogP contribution in [0.1, 0.15) is 6.42 Å². The van der Waals surface area contributed by atoms with Gasteiger partial charge >= 0.3 is 45.8 Å². The third-order valence-electron chi connectivity index (χ3n) is 0.622. The van der Waals surface area contributed by atoms with E-state index in [0.29, 0.717) is 0 Å². The molecule has 0 aromatic heterocycles. The van der Waals surface area contributed by atoms with E-state index in [4.69, 9.17) is 11.5 Å². The Kier molecular flexibility index (Phi) is 3.93. The minimum atomic E-state index is -0.0550. The minimum absolute atomic E-state index is 0.0550. The number of rotatable bonds is 2. The van der Waals surface area contributed by atoms with Gasteiger partial charge in [-0.2, -0.15) is 0 Å². The molecule has 0 aromatic carbocycles. The van der Waals surface area contributed by atoms with Crippen LogP contribution in [0.25, 0.3) is 0 Å². The molecule has 0 spiro atoms. The normalized spacial score (nSPS) is 10.5. The van der Waals surface area contributed by atoms with Crippen molar-refractivity contribution in [3.05, 3.63) is 0 Å². The zero-order chi connectivity index (χ0) is 4.99. The van der Waals surface area contributed by atoms with E-state index in [9.17, 15) is 0 Å². The maximum atomic E-state index is 5.21. The van der Waals surface area contributed by atoms with Gasteiger partial charge in [0.1, 0.15) is 0 Å². The number of hydrogen-bond donors (Lipinski definition) is 2.